The molecule has 4 rings (SSSR count). The summed E-state index contributed by atoms with van der Waals surface area (Å²) in [5, 5.41) is 0.349. The molecule has 1 fully saturated rings. The van der Waals surface area contributed by atoms with Gasteiger partial charge in [-0.3, -0.25) is 9.59 Å². The fourth-order valence-electron chi connectivity index (χ4n) is 4.21. The molecule has 0 N–H and O–H groups in total. The smallest absolute Gasteiger partial charge is 0.282 e. The molecule has 1 saturated heterocycles. The lowest BCUT2D eigenvalue weighted by molar-refractivity contribution is -0.120. The van der Waals surface area contributed by atoms with Gasteiger partial charge in [0.2, 0.25) is 0 Å². The van der Waals surface area contributed by atoms with Gasteiger partial charge in [0.15, 0.2) is 0 Å². The first kappa shape index (κ1) is 21.4. The topological polar surface area (TPSA) is 53.1 Å². The van der Waals surface area contributed by atoms with Crippen molar-refractivity contribution < 1.29 is 14.3 Å². The molecule has 7 heteroatoms. The highest BCUT2D eigenvalue weighted by atomic mass is 35.5. The molecule has 31 heavy (non-hydrogen) atoms. The van der Waals surface area contributed by atoms with Crippen molar-refractivity contribution in [2.75, 3.05) is 45.2 Å². The van der Waals surface area contributed by atoms with Crippen LogP contribution in [-0.2, 0) is 9.59 Å². The van der Waals surface area contributed by atoms with E-state index in [9.17, 15) is 9.59 Å². The molecular weight excluding hydrogens is 414 g/mol. The number of benzene rings is 2. The third-order valence-corrected chi connectivity index (χ3v) is 6.22. The molecule has 0 bridgehead atoms. The number of halogens is 1. The van der Waals surface area contributed by atoms with Gasteiger partial charge < -0.3 is 14.5 Å². The molecule has 0 aromatic heterocycles. The summed E-state index contributed by atoms with van der Waals surface area (Å²) in [7, 11) is 3.59. The Morgan fingerprint density at radius 1 is 0.935 bits per heavy atom. The van der Waals surface area contributed by atoms with E-state index in [-0.39, 0.29) is 11.8 Å². The summed E-state index contributed by atoms with van der Waals surface area (Å²) in [6.45, 7) is 7.04. The zero-order chi connectivity index (χ0) is 22.3. The monoisotopic (exact) mass is 439 g/mol. The van der Waals surface area contributed by atoms with Crippen LogP contribution in [0, 0.1) is 13.8 Å². The highest BCUT2D eigenvalue weighted by molar-refractivity contribution is 6.45. The van der Waals surface area contributed by atoms with Crippen molar-refractivity contribution in [3.05, 3.63) is 63.8 Å². The van der Waals surface area contributed by atoms with Gasteiger partial charge in [0.05, 0.1) is 23.4 Å². The summed E-state index contributed by atoms with van der Waals surface area (Å²) in [5.41, 5.74) is 4.24. The predicted molar refractivity (Wildman–Crippen MR) is 122 cm³/mol. The number of rotatable bonds is 4. The summed E-state index contributed by atoms with van der Waals surface area (Å²) in [4.78, 5) is 32.8. The minimum Gasteiger partial charge on any atom is -0.495 e. The number of amides is 2. The molecule has 0 aliphatic carbocycles. The number of piperazine rings is 1. The van der Waals surface area contributed by atoms with E-state index in [4.69, 9.17) is 16.3 Å². The first-order valence-electron chi connectivity index (χ1n) is 10.3. The van der Waals surface area contributed by atoms with Gasteiger partial charge in [-0.15, -0.1) is 0 Å². The lowest BCUT2D eigenvalue weighted by Crippen LogP contribution is -2.46. The van der Waals surface area contributed by atoms with Crippen LogP contribution >= 0.6 is 11.6 Å². The van der Waals surface area contributed by atoms with Crippen molar-refractivity contribution in [2.24, 2.45) is 0 Å². The van der Waals surface area contributed by atoms with E-state index in [2.05, 4.69) is 11.9 Å². The van der Waals surface area contributed by atoms with Crippen molar-refractivity contribution in [1.82, 2.24) is 9.80 Å². The summed E-state index contributed by atoms with van der Waals surface area (Å²) in [6.07, 6.45) is 0. The lowest BCUT2D eigenvalue weighted by atomic mass is 9.97. The van der Waals surface area contributed by atoms with Crippen LogP contribution in [0.5, 0.6) is 5.75 Å². The van der Waals surface area contributed by atoms with Crippen molar-refractivity contribution in [2.45, 2.75) is 13.8 Å². The number of hydrogen-bond donors (Lipinski definition) is 0. The van der Waals surface area contributed by atoms with Gasteiger partial charge in [-0.25, -0.2) is 4.90 Å². The Labute approximate surface area is 187 Å². The van der Waals surface area contributed by atoms with Crippen molar-refractivity contribution in [3.8, 4) is 5.75 Å². The Balaban J connectivity index is 1.83. The fraction of sp³-hybridized carbons (Fsp3) is 0.333. The average Bonchev–Trinajstić information content (AvgIpc) is 2.99. The van der Waals surface area contributed by atoms with Crippen LogP contribution in [-0.4, -0.2) is 62.0 Å². The van der Waals surface area contributed by atoms with Gasteiger partial charge in [-0.05, 0) is 50.2 Å². The van der Waals surface area contributed by atoms with Gasteiger partial charge in [0.25, 0.3) is 11.8 Å². The number of methoxy groups -OCH3 is 1. The molecule has 0 radical (unpaired) electrons. The largest absolute Gasteiger partial charge is 0.495 e. The normalized spacial score (nSPS) is 17.7. The number of hydrogen-bond acceptors (Lipinski definition) is 5. The number of carbonyl (C=O) groups is 2. The Hall–Kier alpha value is -2.83. The van der Waals surface area contributed by atoms with Crippen LogP contribution in [0.15, 0.2) is 42.1 Å². The summed E-state index contributed by atoms with van der Waals surface area (Å²) in [5.74, 6) is -0.149. The number of ether oxygens (including phenoxy) is 1. The molecule has 162 valence electrons. The van der Waals surface area contributed by atoms with Crippen LogP contribution in [0.4, 0.5) is 5.69 Å². The highest BCUT2D eigenvalue weighted by Crippen LogP contribution is 2.38. The number of anilines is 1. The highest BCUT2D eigenvalue weighted by Gasteiger charge is 2.43. The number of imide groups is 1. The Morgan fingerprint density at radius 2 is 1.65 bits per heavy atom. The molecule has 2 heterocycles. The molecule has 0 atom stereocenters. The molecule has 0 unspecified atom stereocenters. The molecule has 2 aliphatic heterocycles. The Bertz CT molecular complexity index is 1090. The van der Waals surface area contributed by atoms with Crippen LogP contribution in [0.25, 0.3) is 5.57 Å². The van der Waals surface area contributed by atoms with E-state index in [0.29, 0.717) is 40.8 Å². The number of nitrogens with zero attached hydrogens (tertiary/aromatic N) is 3. The van der Waals surface area contributed by atoms with E-state index in [1.54, 1.807) is 18.2 Å². The lowest BCUT2D eigenvalue weighted by Gasteiger charge is -2.34. The third-order valence-electron chi connectivity index (χ3n) is 5.92. The van der Waals surface area contributed by atoms with Crippen LogP contribution in [0.1, 0.15) is 16.7 Å². The maximum absolute atomic E-state index is 13.7. The minimum absolute atomic E-state index is 0.314. The zero-order valence-electron chi connectivity index (χ0n) is 18.2. The Morgan fingerprint density at radius 3 is 2.26 bits per heavy atom. The van der Waals surface area contributed by atoms with E-state index >= 15 is 0 Å². The van der Waals surface area contributed by atoms with E-state index in [1.165, 1.54) is 12.0 Å². The van der Waals surface area contributed by atoms with Crippen LogP contribution in [0.3, 0.4) is 0 Å². The maximum Gasteiger partial charge on any atom is 0.282 e. The van der Waals surface area contributed by atoms with E-state index < -0.39 is 0 Å². The maximum atomic E-state index is 13.7. The fourth-order valence-corrected chi connectivity index (χ4v) is 4.46. The molecule has 2 aliphatic rings. The van der Waals surface area contributed by atoms with Gasteiger partial charge in [-0.1, -0.05) is 35.4 Å². The second-order valence-corrected chi connectivity index (χ2v) is 8.50. The molecular formula is C24H26ClN3O3. The molecule has 2 aromatic rings. The molecule has 0 spiro atoms. The van der Waals surface area contributed by atoms with Crippen LogP contribution in [0.2, 0.25) is 5.02 Å². The molecule has 0 saturated carbocycles. The quantitative estimate of drug-likeness (QED) is 0.682. The first-order valence-corrected chi connectivity index (χ1v) is 10.7. The SMILES string of the molecule is COc1ccc(N2C(=O)C(c3ccc(C)cc3C)=C(N3CCN(C)CC3)C2=O)cc1Cl. The molecule has 6 nitrogen and oxygen atoms in total. The van der Waals surface area contributed by atoms with Gasteiger partial charge in [0.1, 0.15) is 11.4 Å². The van der Waals surface area contributed by atoms with Crippen LogP contribution < -0.4 is 9.64 Å². The second kappa shape index (κ2) is 8.36. The molecule has 2 amide bonds. The van der Waals surface area contributed by atoms with E-state index in [1.807, 2.05) is 36.9 Å². The standard InChI is InChI=1S/C24H26ClN3O3/c1-15-5-7-18(16(2)13-15)21-22(27-11-9-26(3)10-12-27)24(30)28(23(21)29)17-6-8-20(31-4)19(25)14-17/h5-8,13-14H,9-12H2,1-4H3. The number of aryl methyl sites for hydroxylation is 2. The minimum atomic E-state index is -0.327. The second-order valence-electron chi connectivity index (χ2n) is 8.10. The first-order chi connectivity index (χ1) is 14.8. The molecule has 2 aromatic carbocycles. The zero-order valence-corrected chi connectivity index (χ0v) is 19.0. The third kappa shape index (κ3) is 3.82. The van der Waals surface area contributed by atoms with E-state index in [0.717, 1.165) is 29.8 Å². The predicted octanol–water partition coefficient (Wildman–Crippen LogP) is 3.50. The number of carbonyl (C=O) groups excluding carboxylic acids is 2. The van der Waals surface area contributed by atoms with Crippen molar-refractivity contribution in [1.29, 1.82) is 0 Å². The van der Waals surface area contributed by atoms with Gasteiger partial charge in [-0.2, -0.15) is 0 Å². The summed E-state index contributed by atoms with van der Waals surface area (Å²) >= 11 is 6.30. The average molecular weight is 440 g/mol. The summed E-state index contributed by atoms with van der Waals surface area (Å²) < 4.78 is 5.22. The van der Waals surface area contributed by atoms with Gasteiger partial charge in [0, 0.05) is 26.2 Å². The van der Waals surface area contributed by atoms with Crippen molar-refractivity contribution >= 4 is 34.7 Å². The number of likely N-dealkylation sites (N-methyl/N-ethyl adjacent to an activating group) is 1. The summed E-state index contributed by atoms with van der Waals surface area (Å²) in [6, 6.07) is 10.9. The van der Waals surface area contributed by atoms with Crippen molar-refractivity contribution in [3.63, 3.8) is 0 Å². The van der Waals surface area contributed by atoms with Gasteiger partial charge >= 0.3 is 0 Å². The Kier molecular flexibility index (Phi) is 5.77.